The Kier molecular flexibility index (Phi) is 8.44. The van der Waals surface area contributed by atoms with Crippen LogP contribution in [0.2, 0.25) is 6.32 Å². The quantitative estimate of drug-likeness (QED) is 0.446. The van der Waals surface area contributed by atoms with Crippen LogP contribution in [0.25, 0.3) is 0 Å². The van der Waals surface area contributed by atoms with E-state index in [2.05, 4.69) is 0 Å². The van der Waals surface area contributed by atoms with Crippen molar-refractivity contribution in [3.05, 3.63) is 0 Å². The van der Waals surface area contributed by atoms with Gasteiger partial charge in [-0.2, -0.15) is 0 Å². The van der Waals surface area contributed by atoms with Crippen LogP contribution in [0.5, 0.6) is 0 Å². The van der Waals surface area contributed by atoms with Crippen molar-refractivity contribution in [2.75, 3.05) is 19.6 Å². The largest absolute Gasteiger partial charge is 0.480 e. The van der Waals surface area contributed by atoms with Gasteiger partial charge in [0.25, 0.3) is 0 Å². The van der Waals surface area contributed by atoms with E-state index in [1.807, 2.05) is 0 Å². The molecule has 0 saturated heterocycles. The molecule has 0 rings (SSSR count). The van der Waals surface area contributed by atoms with Crippen LogP contribution in [0.3, 0.4) is 0 Å². The molecule has 0 aliphatic rings. The second-order valence-corrected chi connectivity index (χ2v) is 3.70. The van der Waals surface area contributed by atoms with Crippen LogP contribution in [0, 0.1) is 0 Å². The second-order valence-electron chi connectivity index (χ2n) is 3.70. The third-order valence-corrected chi connectivity index (χ3v) is 2.39. The summed E-state index contributed by atoms with van der Waals surface area (Å²) >= 11 is 0. The predicted molar refractivity (Wildman–Crippen MR) is 65.7 cm³/mol. The smallest absolute Gasteiger partial charge is 0.326 e. The highest BCUT2D eigenvalue weighted by molar-refractivity contribution is 6.10. The highest BCUT2D eigenvalue weighted by Gasteiger charge is 2.27. The molecular weight excluding hydrogens is 221 g/mol. The lowest BCUT2D eigenvalue weighted by Crippen LogP contribution is -2.47. The topological polar surface area (TPSA) is 110 Å². The van der Waals surface area contributed by atoms with Gasteiger partial charge in [-0.25, -0.2) is 4.79 Å². The van der Waals surface area contributed by atoms with Gasteiger partial charge in [0, 0.05) is 19.5 Å². The Morgan fingerprint density at radius 2 is 1.94 bits per heavy atom. The Labute approximate surface area is 103 Å². The first-order valence-corrected chi connectivity index (χ1v) is 5.71. The van der Waals surface area contributed by atoms with E-state index in [0.717, 1.165) is 0 Å². The van der Waals surface area contributed by atoms with Crippen LogP contribution < -0.4 is 11.5 Å². The van der Waals surface area contributed by atoms with E-state index in [1.54, 1.807) is 0 Å². The van der Waals surface area contributed by atoms with E-state index in [-0.39, 0.29) is 31.7 Å². The summed E-state index contributed by atoms with van der Waals surface area (Å²) in [6.07, 6.45) is 1.21. The molecule has 0 fully saturated rings. The molecule has 0 heterocycles. The molecule has 1 atom stereocenters. The summed E-state index contributed by atoms with van der Waals surface area (Å²) in [5, 5.41) is 9.11. The van der Waals surface area contributed by atoms with Crippen LogP contribution in [-0.2, 0) is 9.59 Å². The zero-order chi connectivity index (χ0) is 13.3. The maximum absolute atomic E-state index is 11.7. The number of nitrogens with two attached hydrogens (primary N) is 2. The number of carboxylic acid groups (broad SMARTS) is 1. The highest BCUT2D eigenvalue weighted by Crippen LogP contribution is 2.10. The first-order chi connectivity index (χ1) is 8.08. The maximum atomic E-state index is 11.7. The number of carbonyl (C=O) groups excluding carboxylic acids is 1. The van der Waals surface area contributed by atoms with Gasteiger partial charge in [0.15, 0.2) is 0 Å². The number of carbonyl (C=O) groups is 2. The molecule has 0 aromatic carbocycles. The predicted octanol–water partition coefficient (Wildman–Crippen LogP) is -1.06. The molecule has 1 unspecified atom stereocenters. The van der Waals surface area contributed by atoms with Crippen LogP contribution in [0.15, 0.2) is 0 Å². The van der Waals surface area contributed by atoms with Crippen molar-refractivity contribution in [3.8, 4) is 0 Å². The summed E-state index contributed by atoms with van der Waals surface area (Å²) in [6.45, 7) is 0.842. The van der Waals surface area contributed by atoms with E-state index in [1.165, 1.54) is 4.90 Å². The number of carboxylic acids is 1. The lowest BCUT2D eigenvalue weighted by atomic mass is 10.0. The molecule has 0 saturated carbocycles. The van der Waals surface area contributed by atoms with Crippen molar-refractivity contribution >= 4 is 19.7 Å². The van der Waals surface area contributed by atoms with Gasteiger partial charge in [0.1, 0.15) is 6.04 Å². The fourth-order valence-electron chi connectivity index (χ4n) is 1.58. The Balaban J connectivity index is 4.68. The van der Waals surface area contributed by atoms with E-state index in [4.69, 9.17) is 24.4 Å². The van der Waals surface area contributed by atoms with Crippen molar-refractivity contribution in [3.63, 3.8) is 0 Å². The van der Waals surface area contributed by atoms with Crippen LogP contribution >= 0.6 is 0 Å². The molecule has 1 amide bonds. The van der Waals surface area contributed by atoms with Gasteiger partial charge in [-0.1, -0.05) is 6.32 Å². The van der Waals surface area contributed by atoms with Gasteiger partial charge < -0.3 is 21.5 Å². The van der Waals surface area contributed by atoms with Crippen molar-refractivity contribution in [2.45, 2.75) is 31.6 Å². The number of amides is 1. The fraction of sp³-hybridized carbons (Fsp3) is 0.800. The number of aliphatic carboxylic acids is 1. The van der Waals surface area contributed by atoms with Crippen molar-refractivity contribution in [1.82, 2.24) is 4.90 Å². The minimum atomic E-state index is -1.03. The molecule has 17 heavy (non-hydrogen) atoms. The average Bonchev–Trinajstić information content (AvgIpc) is 2.28. The highest BCUT2D eigenvalue weighted by atomic mass is 16.4. The molecule has 96 valence electrons. The molecule has 2 radical (unpaired) electrons. The van der Waals surface area contributed by atoms with Gasteiger partial charge >= 0.3 is 5.97 Å². The molecule has 0 aromatic rings. The molecule has 0 spiro atoms. The molecule has 5 N–H and O–H groups in total. The number of hydrogen-bond donors (Lipinski definition) is 3. The third kappa shape index (κ3) is 5.69. The SMILES string of the molecule is [B]CCC(=O)N(CCN)C(CCCN)C(=O)O. The average molecular weight is 241 g/mol. The van der Waals surface area contributed by atoms with Gasteiger partial charge in [0.2, 0.25) is 5.91 Å². The normalized spacial score (nSPS) is 12.1. The maximum Gasteiger partial charge on any atom is 0.326 e. The fourth-order valence-corrected chi connectivity index (χ4v) is 1.58. The van der Waals surface area contributed by atoms with Crippen molar-refractivity contribution in [1.29, 1.82) is 0 Å². The molecule has 6 nitrogen and oxygen atoms in total. The van der Waals surface area contributed by atoms with Gasteiger partial charge in [-0.05, 0) is 19.4 Å². The van der Waals surface area contributed by atoms with Crippen LogP contribution in [0.4, 0.5) is 0 Å². The van der Waals surface area contributed by atoms with Crippen LogP contribution in [-0.4, -0.2) is 55.4 Å². The van der Waals surface area contributed by atoms with E-state index < -0.39 is 12.0 Å². The molecular formula is C10H20BN3O3. The van der Waals surface area contributed by atoms with E-state index >= 15 is 0 Å². The Bertz CT molecular complexity index is 251. The van der Waals surface area contributed by atoms with Crippen LogP contribution in [0.1, 0.15) is 19.3 Å². The summed E-state index contributed by atoms with van der Waals surface area (Å²) in [4.78, 5) is 24.1. The Morgan fingerprint density at radius 1 is 1.29 bits per heavy atom. The Hall–Kier alpha value is -1.08. The molecule has 0 aliphatic carbocycles. The summed E-state index contributed by atoms with van der Waals surface area (Å²) in [5.74, 6) is -1.31. The lowest BCUT2D eigenvalue weighted by Gasteiger charge is -2.28. The monoisotopic (exact) mass is 241 g/mol. The summed E-state index contributed by atoms with van der Waals surface area (Å²) in [5.41, 5.74) is 10.7. The second kappa shape index (κ2) is 9.01. The van der Waals surface area contributed by atoms with Gasteiger partial charge in [-0.15, -0.1) is 0 Å². The zero-order valence-electron chi connectivity index (χ0n) is 9.97. The zero-order valence-corrected chi connectivity index (χ0v) is 9.97. The molecule has 0 aromatic heterocycles. The standard InChI is InChI=1S/C10H20BN3O3/c11-4-3-9(15)14(7-6-13)8(10(16)17)2-1-5-12/h8H,1-7,12-13H2,(H,16,17). The van der Waals surface area contributed by atoms with Crippen molar-refractivity contribution in [2.24, 2.45) is 11.5 Å². The van der Waals surface area contributed by atoms with Gasteiger partial charge in [-0.3, -0.25) is 4.79 Å². The molecule has 7 heteroatoms. The number of hydrogen-bond acceptors (Lipinski definition) is 4. The summed E-state index contributed by atoms with van der Waals surface area (Å²) in [6, 6.07) is -0.860. The minimum Gasteiger partial charge on any atom is -0.480 e. The van der Waals surface area contributed by atoms with Gasteiger partial charge in [0.05, 0.1) is 7.85 Å². The number of nitrogens with zero attached hydrogens (tertiary/aromatic N) is 1. The van der Waals surface area contributed by atoms with E-state index in [9.17, 15) is 9.59 Å². The molecule has 0 bridgehead atoms. The lowest BCUT2D eigenvalue weighted by molar-refractivity contribution is -0.150. The summed E-state index contributed by atoms with van der Waals surface area (Å²) in [7, 11) is 5.29. The third-order valence-electron chi connectivity index (χ3n) is 2.39. The number of rotatable bonds is 9. The van der Waals surface area contributed by atoms with Crippen molar-refractivity contribution < 1.29 is 14.7 Å². The summed E-state index contributed by atoms with van der Waals surface area (Å²) < 4.78 is 0. The van der Waals surface area contributed by atoms with E-state index in [0.29, 0.717) is 19.4 Å². The molecule has 0 aliphatic heterocycles. The Morgan fingerprint density at radius 3 is 2.35 bits per heavy atom. The first kappa shape index (κ1) is 15.9. The first-order valence-electron chi connectivity index (χ1n) is 5.71. The minimum absolute atomic E-state index is 0.131.